The Kier molecular flexibility index (Phi) is 5.80. The van der Waals surface area contributed by atoms with Crippen LogP contribution in [0, 0.1) is 0 Å². The van der Waals surface area contributed by atoms with Gasteiger partial charge in [0, 0.05) is 28.3 Å². The Morgan fingerprint density at radius 2 is 1.46 bits per heavy atom. The largest absolute Gasteiger partial charge is 0.324 e. The molecule has 3 aromatic heterocycles. The van der Waals surface area contributed by atoms with E-state index in [9.17, 15) is 4.79 Å². The van der Waals surface area contributed by atoms with Crippen molar-refractivity contribution in [2.24, 2.45) is 0 Å². The summed E-state index contributed by atoms with van der Waals surface area (Å²) < 4.78 is 3.62. The Bertz CT molecular complexity index is 1740. The molecule has 0 atom stereocenters. The number of allylic oxidation sites excluding steroid dienone is 1. The minimum Gasteiger partial charge on any atom is -0.324 e. The average molecular weight is 488 g/mol. The first-order valence-electron chi connectivity index (χ1n) is 11.6. The van der Waals surface area contributed by atoms with Crippen molar-refractivity contribution in [2.75, 3.05) is 10.6 Å². The number of nitrogens with one attached hydrogen (secondary N) is 2. The summed E-state index contributed by atoms with van der Waals surface area (Å²) in [6.45, 7) is 0.710. The highest BCUT2D eigenvalue weighted by Gasteiger charge is 2.08. The fraction of sp³-hybridized carbons (Fsp3) is 0.0370. The molecule has 0 spiro atoms. The number of rotatable bonds is 8. The molecule has 180 valence electrons. The maximum absolute atomic E-state index is 10.6. The number of benzene rings is 3. The molecule has 10 heteroatoms. The molecule has 0 saturated carbocycles. The Labute approximate surface area is 211 Å². The van der Waals surface area contributed by atoms with Gasteiger partial charge in [-0.2, -0.15) is 15.2 Å². The van der Waals surface area contributed by atoms with Crippen molar-refractivity contribution < 1.29 is 4.79 Å². The lowest BCUT2D eigenvalue weighted by molar-refractivity contribution is -0.104. The molecule has 37 heavy (non-hydrogen) atoms. The van der Waals surface area contributed by atoms with E-state index in [1.807, 2.05) is 65.5 Å². The summed E-state index contributed by atoms with van der Waals surface area (Å²) in [5.74, 6) is 0.822. The van der Waals surface area contributed by atoms with E-state index in [2.05, 4.69) is 47.9 Å². The normalized spacial score (nSPS) is 11.4. The second-order valence-corrected chi connectivity index (χ2v) is 8.28. The van der Waals surface area contributed by atoms with Crippen LogP contribution in [0.5, 0.6) is 0 Å². The van der Waals surface area contributed by atoms with Crippen LogP contribution in [0.4, 0.5) is 23.3 Å². The van der Waals surface area contributed by atoms with E-state index in [1.165, 1.54) is 18.0 Å². The lowest BCUT2D eigenvalue weighted by Crippen LogP contribution is -2.03. The SMILES string of the molecule is O=CC=Cn1ncc2cc(Nc3ncnc(Nc4ccc5c(cnn5Cc5ccccc5)c4)n3)ccc21. The summed E-state index contributed by atoms with van der Waals surface area (Å²) in [6.07, 6.45) is 8.76. The average Bonchev–Trinajstić information content (AvgIpc) is 3.51. The van der Waals surface area contributed by atoms with Gasteiger partial charge in [-0.3, -0.25) is 9.48 Å². The third-order valence-electron chi connectivity index (χ3n) is 5.80. The number of nitrogens with zero attached hydrogens (tertiary/aromatic N) is 7. The van der Waals surface area contributed by atoms with Gasteiger partial charge in [0.15, 0.2) is 0 Å². The van der Waals surface area contributed by atoms with E-state index in [-0.39, 0.29) is 0 Å². The third kappa shape index (κ3) is 4.76. The van der Waals surface area contributed by atoms with Gasteiger partial charge in [0.25, 0.3) is 0 Å². The van der Waals surface area contributed by atoms with Crippen LogP contribution < -0.4 is 10.6 Å². The summed E-state index contributed by atoms with van der Waals surface area (Å²) in [6, 6.07) is 22.0. The van der Waals surface area contributed by atoms with Crippen LogP contribution in [0.3, 0.4) is 0 Å². The standard InChI is InChI=1S/C27H21N9O/c37-12-4-11-35-24-9-7-22(13-20(24)15-30-35)32-26-28-18-29-27(34-26)33-23-8-10-25-21(14-23)16-31-36(25)17-19-5-2-1-3-6-19/h1-16,18H,17H2,(H2,28,29,32,33,34). The molecular weight excluding hydrogens is 466 g/mol. The van der Waals surface area contributed by atoms with Crippen LogP contribution >= 0.6 is 0 Å². The maximum Gasteiger partial charge on any atom is 0.232 e. The first kappa shape index (κ1) is 22.1. The van der Waals surface area contributed by atoms with Gasteiger partial charge in [-0.25, -0.2) is 14.6 Å². The van der Waals surface area contributed by atoms with Crippen LogP contribution in [0.1, 0.15) is 5.56 Å². The number of carbonyl (C=O) groups excluding carboxylic acids is 1. The number of anilines is 4. The van der Waals surface area contributed by atoms with Crippen molar-refractivity contribution >= 4 is 57.6 Å². The molecule has 2 N–H and O–H groups in total. The highest BCUT2D eigenvalue weighted by Crippen LogP contribution is 2.24. The molecule has 3 heterocycles. The number of hydrogen-bond acceptors (Lipinski definition) is 8. The fourth-order valence-electron chi connectivity index (χ4n) is 4.09. The Morgan fingerprint density at radius 3 is 2.19 bits per heavy atom. The first-order chi connectivity index (χ1) is 18.2. The summed E-state index contributed by atoms with van der Waals surface area (Å²) in [7, 11) is 0. The van der Waals surface area contributed by atoms with Gasteiger partial charge in [0.2, 0.25) is 11.9 Å². The third-order valence-corrected chi connectivity index (χ3v) is 5.80. The molecule has 0 aliphatic carbocycles. The summed E-state index contributed by atoms with van der Waals surface area (Å²) >= 11 is 0. The summed E-state index contributed by atoms with van der Waals surface area (Å²) in [5, 5.41) is 17.2. The smallest absolute Gasteiger partial charge is 0.232 e. The number of fused-ring (bicyclic) bond motifs is 2. The van der Waals surface area contributed by atoms with E-state index < -0.39 is 0 Å². The molecule has 0 saturated heterocycles. The lowest BCUT2D eigenvalue weighted by atomic mass is 10.2. The lowest BCUT2D eigenvalue weighted by Gasteiger charge is -2.08. The molecule has 6 rings (SSSR count). The first-order valence-corrected chi connectivity index (χ1v) is 11.6. The van der Waals surface area contributed by atoms with Gasteiger partial charge in [0.05, 0.1) is 30.0 Å². The number of aldehydes is 1. The van der Waals surface area contributed by atoms with E-state index >= 15 is 0 Å². The Hall–Kier alpha value is -5.38. The molecule has 0 unspecified atom stereocenters. The molecule has 0 aliphatic rings. The van der Waals surface area contributed by atoms with Gasteiger partial charge in [-0.1, -0.05) is 30.3 Å². The van der Waals surface area contributed by atoms with Crippen LogP contribution in [-0.4, -0.2) is 40.8 Å². The van der Waals surface area contributed by atoms with Crippen molar-refractivity contribution in [3.05, 3.63) is 97.1 Å². The van der Waals surface area contributed by atoms with Gasteiger partial charge in [-0.05, 0) is 48.0 Å². The van der Waals surface area contributed by atoms with Crippen LogP contribution in [0.25, 0.3) is 28.0 Å². The van der Waals surface area contributed by atoms with Gasteiger partial charge in [0.1, 0.15) is 12.6 Å². The van der Waals surface area contributed by atoms with E-state index in [1.54, 1.807) is 17.1 Å². The minimum absolute atomic E-state index is 0.404. The molecule has 0 bridgehead atoms. The van der Waals surface area contributed by atoms with Crippen molar-refractivity contribution in [3.63, 3.8) is 0 Å². The van der Waals surface area contributed by atoms with Crippen molar-refractivity contribution in [1.82, 2.24) is 34.5 Å². The van der Waals surface area contributed by atoms with Crippen LogP contribution in [-0.2, 0) is 11.3 Å². The minimum atomic E-state index is 0.404. The zero-order chi connectivity index (χ0) is 25.0. The number of aromatic nitrogens is 7. The monoisotopic (exact) mass is 487 g/mol. The Morgan fingerprint density at radius 1 is 0.784 bits per heavy atom. The number of hydrogen-bond donors (Lipinski definition) is 2. The van der Waals surface area contributed by atoms with Crippen LogP contribution in [0.15, 0.2) is 91.5 Å². The summed E-state index contributed by atoms with van der Waals surface area (Å²) in [5.41, 5.74) is 4.77. The van der Waals surface area contributed by atoms with Crippen molar-refractivity contribution in [1.29, 1.82) is 0 Å². The van der Waals surface area contributed by atoms with E-state index in [4.69, 9.17) is 0 Å². The maximum atomic E-state index is 10.6. The van der Waals surface area contributed by atoms with E-state index in [0.717, 1.165) is 33.2 Å². The van der Waals surface area contributed by atoms with Gasteiger partial charge in [-0.15, -0.1) is 0 Å². The molecule has 0 fully saturated rings. The van der Waals surface area contributed by atoms with Gasteiger partial charge >= 0.3 is 0 Å². The fourth-order valence-corrected chi connectivity index (χ4v) is 4.09. The topological polar surface area (TPSA) is 115 Å². The van der Waals surface area contributed by atoms with Crippen molar-refractivity contribution in [3.8, 4) is 0 Å². The predicted molar refractivity (Wildman–Crippen MR) is 143 cm³/mol. The van der Waals surface area contributed by atoms with Gasteiger partial charge < -0.3 is 10.6 Å². The molecule has 0 aliphatic heterocycles. The molecule has 3 aromatic carbocycles. The van der Waals surface area contributed by atoms with Crippen molar-refractivity contribution in [2.45, 2.75) is 6.54 Å². The molecular formula is C27H21N9O. The summed E-state index contributed by atoms with van der Waals surface area (Å²) in [4.78, 5) is 23.6. The highest BCUT2D eigenvalue weighted by molar-refractivity contribution is 5.85. The molecule has 0 radical (unpaired) electrons. The highest BCUT2D eigenvalue weighted by atomic mass is 16.1. The second kappa shape index (κ2) is 9.70. The molecule has 10 nitrogen and oxygen atoms in total. The van der Waals surface area contributed by atoms with Crippen LogP contribution in [0.2, 0.25) is 0 Å². The Balaban J connectivity index is 1.18. The molecule has 0 amide bonds. The number of carbonyl (C=O) groups is 1. The zero-order valence-electron chi connectivity index (χ0n) is 19.6. The zero-order valence-corrected chi connectivity index (χ0v) is 19.6. The quantitative estimate of drug-likeness (QED) is 0.233. The molecule has 6 aromatic rings. The second-order valence-electron chi connectivity index (χ2n) is 8.28. The van der Waals surface area contributed by atoms with E-state index in [0.29, 0.717) is 24.7 Å². The predicted octanol–water partition coefficient (Wildman–Crippen LogP) is 4.78.